The molecule has 0 bridgehead atoms. The molecule has 1 aromatic heterocycles. The number of carboxylic acid groups (broad SMARTS) is 1. The van der Waals surface area contributed by atoms with Gasteiger partial charge in [0.05, 0.1) is 17.9 Å². The van der Waals surface area contributed by atoms with Gasteiger partial charge in [0, 0.05) is 10.9 Å². The lowest BCUT2D eigenvalue weighted by Gasteiger charge is -2.24. The molecule has 1 amide bonds. The second kappa shape index (κ2) is 9.92. The smallest absolute Gasteiger partial charge is 0.342 e. The van der Waals surface area contributed by atoms with E-state index in [4.69, 9.17) is 4.74 Å². The van der Waals surface area contributed by atoms with Gasteiger partial charge in [-0.2, -0.15) is 0 Å². The molecule has 0 spiro atoms. The van der Waals surface area contributed by atoms with Crippen LogP contribution in [0.5, 0.6) is 0 Å². The number of nitrogens with one attached hydrogen (secondary N) is 1. The lowest BCUT2D eigenvalue weighted by Crippen LogP contribution is -2.34. The van der Waals surface area contributed by atoms with Crippen LogP contribution in [0.25, 0.3) is 11.1 Å². The summed E-state index contributed by atoms with van der Waals surface area (Å²) in [5.74, 6) is -3.38. The van der Waals surface area contributed by atoms with Gasteiger partial charge in [-0.3, -0.25) is 9.59 Å². The summed E-state index contributed by atoms with van der Waals surface area (Å²) in [5, 5.41) is 14.5. The summed E-state index contributed by atoms with van der Waals surface area (Å²) in [6.45, 7) is 5.61. The highest BCUT2D eigenvalue weighted by Crippen LogP contribution is 2.37. The van der Waals surface area contributed by atoms with Crippen molar-refractivity contribution < 1.29 is 24.2 Å². The van der Waals surface area contributed by atoms with Crippen molar-refractivity contribution >= 4 is 34.2 Å². The molecule has 2 aromatic rings. The van der Waals surface area contributed by atoms with Crippen LogP contribution in [0.4, 0.5) is 5.00 Å². The Labute approximate surface area is 185 Å². The summed E-state index contributed by atoms with van der Waals surface area (Å²) in [6.07, 6.45) is 4.88. The van der Waals surface area contributed by atoms with Crippen LogP contribution in [-0.2, 0) is 20.7 Å². The minimum atomic E-state index is -0.994. The van der Waals surface area contributed by atoms with Crippen LogP contribution >= 0.6 is 11.3 Å². The molecule has 31 heavy (non-hydrogen) atoms. The molecule has 0 aliphatic heterocycles. The summed E-state index contributed by atoms with van der Waals surface area (Å²) in [5.41, 5.74) is 3.03. The van der Waals surface area contributed by atoms with Gasteiger partial charge in [0.1, 0.15) is 10.6 Å². The number of allylic oxidation sites excluding steroid dienone is 2. The number of amides is 1. The second-order valence-corrected chi connectivity index (χ2v) is 8.72. The highest BCUT2D eigenvalue weighted by Gasteiger charge is 2.35. The van der Waals surface area contributed by atoms with E-state index in [0.29, 0.717) is 29.0 Å². The molecular weight excluding hydrogens is 414 g/mol. The van der Waals surface area contributed by atoms with Gasteiger partial charge in [-0.1, -0.05) is 43.3 Å². The van der Waals surface area contributed by atoms with E-state index in [1.54, 1.807) is 19.9 Å². The number of carbonyl (C=O) groups is 3. The first-order valence-corrected chi connectivity index (χ1v) is 11.3. The van der Waals surface area contributed by atoms with Crippen molar-refractivity contribution in [2.45, 2.75) is 46.1 Å². The monoisotopic (exact) mass is 441 g/mol. The molecule has 2 N–H and O–H groups in total. The van der Waals surface area contributed by atoms with Crippen molar-refractivity contribution in [3.8, 4) is 11.1 Å². The molecule has 1 aliphatic rings. The van der Waals surface area contributed by atoms with Crippen molar-refractivity contribution in [3.05, 3.63) is 52.9 Å². The number of anilines is 1. The fraction of sp³-hybridized carbons (Fsp3) is 0.375. The lowest BCUT2D eigenvalue weighted by atomic mass is 9.82. The topological polar surface area (TPSA) is 92.7 Å². The molecule has 1 heterocycles. The maximum absolute atomic E-state index is 13.0. The molecule has 1 aromatic carbocycles. The molecule has 2 unspecified atom stereocenters. The van der Waals surface area contributed by atoms with Crippen LogP contribution < -0.4 is 5.32 Å². The second-order valence-electron chi connectivity index (χ2n) is 7.84. The number of hydrogen-bond donors (Lipinski definition) is 2. The van der Waals surface area contributed by atoms with E-state index in [0.717, 1.165) is 12.0 Å². The van der Waals surface area contributed by atoms with Gasteiger partial charge in [-0.25, -0.2) is 4.79 Å². The zero-order chi connectivity index (χ0) is 22.5. The number of carboxylic acids is 1. The Hall–Kier alpha value is -2.93. The van der Waals surface area contributed by atoms with Gasteiger partial charge in [-0.15, -0.1) is 11.3 Å². The number of hydrogen-bond acceptors (Lipinski definition) is 5. The molecule has 3 rings (SSSR count). The van der Waals surface area contributed by atoms with Crippen molar-refractivity contribution in [2.24, 2.45) is 11.8 Å². The maximum Gasteiger partial charge on any atom is 0.342 e. The van der Waals surface area contributed by atoms with E-state index >= 15 is 0 Å². The van der Waals surface area contributed by atoms with E-state index in [2.05, 4.69) is 12.2 Å². The number of ether oxygens (including phenoxy) is 1. The van der Waals surface area contributed by atoms with E-state index in [1.807, 2.05) is 35.7 Å². The average Bonchev–Trinajstić information content (AvgIpc) is 3.16. The third-order valence-corrected chi connectivity index (χ3v) is 6.23. The van der Waals surface area contributed by atoms with Crippen LogP contribution in [0, 0.1) is 11.8 Å². The number of benzene rings is 1. The van der Waals surface area contributed by atoms with Crippen molar-refractivity contribution in [1.82, 2.24) is 0 Å². The van der Waals surface area contributed by atoms with Gasteiger partial charge < -0.3 is 15.2 Å². The Balaban J connectivity index is 1.94. The van der Waals surface area contributed by atoms with Gasteiger partial charge in [-0.05, 0) is 44.2 Å². The molecule has 2 atom stereocenters. The number of aryl methyl sites for hydroxylation is 1. The summed E-state index contributed by atoms with van der Waals surface area (Å²) in [4.78, 5) is 37.4. The molecule has 0 saturated carbocycles. The first kappa shape index (κ1) is 22.7. The Morgan fingerprint density at radius 3 is 2.35 bits per heavy atom. The fourth-order valence-electron chi connectivity index (χ4n) is 3.64. The van der Waals surface area contributed by atoms with Crippen LogP contribution in [-0.4, -0.2) is 29.1 Å². The normalized spacial score (nSPS) is 18.1. The molecule has 0 radical (unpaired) electrons. The van der Waals surface area contributed by atoms with Gasteiger partial charge in [0.25, 0.3) is 0 Å². The number of thiophene rings is 1. The Bertz CT molecular complexity index is 990. The average molecular weight is 442 g/mol. The minimum Gasteiger partial charge on any atom is -0.481 e. The highest BCUT2D eigenvalue weighted by atomic mass is 32.1. The van der Waals surface area contributed by atoms with Gasteiger partial charge in [0.15, 0.2) is 0 Å². The quantitative estimate of drug-likeness (QED) is 0.458. The van der Waals surface area contributed by atoms with Gasteiger partial charge in [0.2, 0.25) is 5.91 Å². The summed E-state index contributed by atoms with van der Waals surface area (Å²) in [7, 11) is 0. The van der Waals surface area contributed by atoms with Crippen LogP contribution in [0.1, 0.15) is 49.5 Å². The number of esters is 1. The Morgan fingerprint density at radius 2 is 1.77 bits per heavy atom. The van der Waals surface area contributed by atoms with Crippen molar-refractivity contribution in [2.75, 3.05) is 5.32 Å². The molecule has 0 fully saturated rings. The zero-order valence-electron chi connectivity index (χ0n) is 17.9. The van der Waals surface area contributed by atoms with Crippen molar-refractivity contribution in [1.29, 1.82) is 0 Å². The molecule has 1 aliphatic carbocycles. The predicted molar refractivity (Wildman–Crippen MR) is 121 cm³/mol. The maximum atomic E-state index is 13.0. The third kappa shape index (κ3) is 5.22. The first-order valence-electron chi connectivity index (χ1n) is 10.4. The van der Waals surface area contributed by atoms with E-state index in [-0.39, 0.29) is 6.10 Å². The number of carbonyl (C=O) groups excluding carboxylic acids is 2. The Morgan fingerprint density at radius 1 is 1.13 bits per heavy atom. The summed E-state index contributed by atoms with van der Waals surface area (Å²) in [6, 6.07) is 7.92. The molecule has 6 nitrogen and oxygen atoms in total. The molecule has 164 valence electrons. The molecular formula is C24H27NO5S. The van der Waals surface area contributed by atoms with Gasteiger partial charge >= 0.3 is 11.9 Å². The predicted octanol–water partition coefficient (Wildman–Crippen LogP) is 5.15. The van der Waals surface area contributed by atoms with Crippen molar-refractivity contribution in [3.63, 3.8) is 0 Å². The Kier molecular flexibility index (Phi) is 7.28. The third-order valence-electron chi connectivity index (χ3n) is 5.33. The highest BCUT2D eigenvalue weighted by molar-refractivity contribution is 7.15. The number of aliphatic carboxylic acids is 1. The van der Waals surface area contributed by atoms with E-state index in [9.17, 15) is 19.5 Å². The van der Waals surface area contributed by atoms with Crippen LogP contribution in [0.3, 0.4) is 0 Å². The van der Waals surface area contributed by atoms with Crippen LogP contribution in [0.2, 0.25) is 0 Å². The minimum absolute atomic E-state index is 0.300. The lowest BCUT2D eigenvalue weighted by molar-refractivity contribution is -0.146. The van der Waals surface area contributed by atoms with E-state index in [1.165, 1.54) is 16.9 Å². The summed E-state index contributed by atoms with van der Waals surface area (Å²) >= 11 is 1.24. The first-order chi connectivity index (χ1) is 14.8. The summed E-state index contributed by atoms with van der Waals surface area (Å²) < 4.78 is 5.44. The SMILES string of the molecule is CCc1ccc(-c2csc(NC(=O)C3CC=CCC3C(=O)O)c2C(=O)OC(C)C)cc1. The van der Waals surface area contributed by atoms with Crippen LogP contribution in [0.15, 0.2) is 41.8 Å². The molecule has 7 heteroatoms. The van der Waals surface area contributed by atoms with E-state index < -0.39 is 29.7 Å². The zero-order valence-corrected chi connectivity index (χ0v) is 18.7. The molecule has 0 saturated heterocycles. The largest absolute Gasteiger partial charge is 0.481 e. The standard InChI is InChI=1S/C24H27NO5S/c1-4-15-9-11-16(12-10-15)19-13-31-22(20(19)24(29)30-14(2)3)25-21(26)17-7-5-6-8-18(17)23(27)28/h5-6,9-14,17-18H,4,7-8H2,1-3H3,(H,25,26)(H,27,28). The fourth-order valence-corrected chi connectivity index (χ4v) is 4.60. The number of rotatable bonds is 7.